The third-order valence-electron chi connectivity index (χ3n) is 3.58. The molecule has 0 spiro atoms. The maximum absolute atomic E-state index is 12.1. The van der Waals surface area contributed by atoms with Crippen molar-refractivity contribution in [2.45, 2.75) is 45.1 Å². The molecule has 1 amide bonds. The zero-order chi connectivity index (χ0) is 10.8. The second kappa shape index (κ2) is 4.30. The first-order chi connectivity index (χ1) is 6.52. The van der Waals surface area contributed by atoms with E-state index in [1.165, 1.54) is 6.42 Å². The molecule has 3 nitrogen and oxygen atoms in total. The minimum absolute atomic E-state index is 0.118. The molecule has 1 aliphatic rings. The molecular formula is C11H22N2O. The Balaban J connectivity index is 2.76. The molecule has 82 valence electrons. The van der Waals surface area contributed by atoms with E-state index in [4.69, 9.17) is 5.73 Å². The summed E-state index contributed by atoms with van der Waals surface area (Å²) in [4.78, 5) is 13.8. The predicted molar refractivity (Wildman–Crippen MR) is 57.9 cm³/mol. The van der Waals surface area contributed by atoms with Crippen LogP contribution in [0.3, 0.4) is 0 Å². The molecule has 1 rings (SSSR count). The molecule has 0 aromatic rings. The van der Waals surface area contributed by atoms with Crippen molar-refractivity contribution < 1.29 is 4.79 Å². The topological polar surface area (TPSA) is 46.3 Å². The molecule has 0 aromatic carbocycles. The minimum atomic E-state index is -0.594. The summed E-state index contributed by atoms with van der Waals surface area (Å²) < 4.78 is 0. The van der Waals surface area contributed by atoms with Gasteiger partial charge in [0.1, 0.15) is 0 Å². The highest BCUT2D eigenvalue weighted by Gasteiger charge is 2.42. The number of carbonyl (C=O) groups is 1. The highest BCUT2D eigenvalue weighted by Crippen LogP contribution is 2.32. The van der Waals surface area contributed by atoms with E-state index in [0.717, 1.165) is 25.8 Å². The van der Waals surface area contributed by atoms with Crippen LogP contribution in [0.2, 0.25) is 0 Å². The maximum Gasteiger partial charge on any atom is 0.242 e. The van der Waals surface area contributed by atoms with E-state index in [1.807, 2.05) is 14.0 Å². The average Bonchev–Trinajstić information content (AvgIpc) is 2.20. The fourth-order valence-electron chi connectivity index (χ4n) is 2.19. The molecule has 1 aliphatic carbocycles. The van der Waals surface area contributed by atoms with Gasteiger partial charge in [-0.3, -0.25) is 4.79 Å². The quantitative estimate of drug-likeness (QED) is 0.728. The number of hydrogen-bond acceptors (Lipinski definition) is 2. The van der Waals surface area contributed by atoms with E-state index in [1.54, 1.807) is 4.90 Å². The zero-order valence-corrected chi connectivity index (χ0v) is 9.55. The standard InChI is InChI=1S/C11H22N2O/c1-4-13(3)10(14)11(12)8-6-5-7-9(11)2/h9H,4-8,12H2,1-3H3. The van der Waals surface area contributed by atoms with Crippen LogP contribution >= 0.6 is 0 Å². The first-order valence-electron chi connectivity index (χ1n) is 5.56. The van der Waals surface area contributed by atoms with Gasteiger partial charge in [0.25, 0.3) is 0 Å². The average molecular weight is 198 g/mol. The van der Waals surface area contributed by atoms with E-state index in [9.17, 15) is 4.79 Å². The van der Waals surface area contributed by atoms with Crippen LogP contribution in [-0.2, 0) is 4.79 Å². The van der Waals surface area contributed by atoms with Crippen LogP contribution in [0, 0.1) is 5.92 Å². The molecule has 1 fully saturated rings. The zero-order valence-electron chi connectivity index (χ0n) is 9.55. The summed E-state index contributed by atoms with van der Waals surface area (Å²) >= 11 is 0. The van der Waals surface area contributed by atoms with Crippen molar-refractivity contribution in [3.8, 4) is 0 Å². The molecule has 0 aromatic heterocycles. The fraction of sp³-hybridized carbons (Fsp3) is 0.909. The summed E-state index contributed by atoms with van der Waals surface area (Å²) in [5, 5.41) is 0. The van der Waals surface area contributed by atoms with Gasteiger partial charge < -0.3 is 10.6 Å². The number of nitrogens with two attached hydrogens (primary N) is 1. The van der Waals surface area contributed by atoms with Crippen molar-refractivity contribution in [3.05, 3.63) is 0 Å². The third-order valence-corrected chi connectivity index (χ3v) is 3.58. The van der Waals surface area contributed by atoms with E-state index < -0.39 is 5.54 Å². The normalized spacial score (nSPS) is 32.7. The van der Waals surface area contributed by atoms with Crippen LogP contribution < -0.4 is 5.73 Å². The summed E-state index contributed by atoms with van der Waals surface area (Å²) in [7, 11) is 1.83. The highest BCUT2D eigenvalue weighted by molar-refractivity contribution is 5.86. The van der Waals surface area contributed by atoms with Crippen molar-refractivity contribution in [2.75, 3.05) is 13.6 Å². The monoisotopic (exact) mass is 198 g/mol. The second-order valence-electron chi connectivity index (χ2n) is 4.51. The van der Waals surface area contributed by atoms with Crippen molar-refractivity contribution >= 4 is 5.91 Å². The predicted octanol–water partition coefficient (Wildman–Crippen LogP) is 1.37. The summed E-state index contributed by atoms with van der Waals surface area (Å²) in [5.74, 6) is 0.435. The lowest BCUT2D eigenvalue weighted by Crippen LogP contribution is -2.59. The summed E-state index contributed by atoms with van der Waals surface area (Å²) in [5.41, 5.74) is 5.64. The van der Waals surface area contributed by atoms with Crippen LogP contribution in [0.4, 0.5) is 0 Å². The largest absolute Gasteiger partial charge is 0.344 e. The van der Waals surface area contributed by atoms with E-state index in [0.29, 0.717) is 5.92 Å². The highest BCUT2D eigenvalue weighted by atomic mass is 16.2. The molecule has 2 unspecified atom stereocenters. The molecular weight excluding hydrogens is 176 g/mol. The van der Waals surface area contributed by atoms with Gasteiger partial charge >= 0.3 is 0 Å². The van der Waals surface area contributed by atoms with Crippen LogP contribution in [0.25, 0.3) is 0 Å². The molecule has 0 radical (unpaired) electrons. The molecule has 3 heteroatoms. The number of carbonyl (C=O) groups excluding carboxylic acids is 1. The van der Waals surface area contributed by atoms with Crippen LogP contribution in [0.1, 0.15) is 39.5 Å². The van der Waals surface area contributed by atoms with Crippen LogP contribution in [0.5, 0.6) is 0 Å². The van der Waals surface area contributed by atoms with Crippen molar-refractivity contribution in [1.82, 2.24) is 4.90 Å². The Hall–Kier alpha value is -0.570. The lowest BCUT2D eigenvalue weighted by Gasteiger charge is -2.40. The second-order valence-corrected chi connectivity index (χ2v) is 4.51. The Bertz CT molecular complexity index is 217. The van der Waals surface area contributed by atoms with Crippen LogP contribution in [0.15, 0.2) is 0 Å². The van der Waals surface area contributed by atoms with Gasteiger partial charge in [0.05, 0.1) is 5.54 Å². The van der Waals surface area contributed by atoms with E-state index in [2.05, 4.69) is 6.92 Å². The van der Waals surface area contributed by atoms with Crippen molar-refractivity contribution in [2.24, 2.45) is 11.7 Å². The lowest BCUT2D eigenvalue weighted by molar-refractivity contribution is -0.138. The maximum atomic E-state index is 12.1. The molecule has 0 bridgehead atoms. The lowest BCUT2D eigenvalue weighted by atomic mass is 9.73. The fourth-order valence-corrected chi connectivity index (χ4v) is 2.19. The SMILES string of the molecule is CCN(C)C(=O)C1(N)CCCCC1C. The third kappa shape index (κ3) is 1.92. The first kappa shape index (κ1) is 11.5. The Morgan fingerprint density at radius 2 is 2.21 bits per heavy atom. The summed E-state index contributed by atoms with van der Waals surface area (Å²) in [6.07, 6.45) is 4.23. The van der Waals surface area contributed by atoms with E-state index >= 15 is 0 Å². The van der Waals surface area contributed by atoms with Crippen molar-refractivity contribution in [1.29, 1.82) is 0 Å². The minimum Gasteiger partial charge on any atom is -0.344 e. The molecule has 2 N–H and O–H groups in total. The summed E-state index contributed by atoms with van der Waals surface area (Å²) in [6, 6.07) is 0. The van der Waals surface area contributed by atoms with Gasteiger partial charge in [-0.2, -0.15) is 0 Å². The van der Waals surface area contributed by atoms with E-state index in [-0.39, 0.29) is 5.91 Å². The van der Waals surface area contributed by atoms with Crippen molar-refractivity contribution in [3.63, 3.8) is 0 Å². The number of rotatable bonds is 2. The Labute approximate surface area is 86.6 Å². The van der Waals surface area contributed by atoms with Gasteiger partial charge in [0.2, 0.25) is 5.91 Å². The number of likely N-dealkylation sites (N-methyl/N-ethyl adjacent to an activating group) is 1. The number of nitrogens with zero attached hydrogens (tertiary/aromatic N) is 1. The Morgan fingerprint density at radius 3 is 2.71 bits per heavy atom. The molecule has 1 saturated carbocycles. The van der Waals surface area contributed by atoms with Gasteiger partial charge in [-0.1, -0.05) is 19.8 Å². The van der Waals surface area contributed by atoms with Gasteiger partial charge in [-0.05, 0) is 25.7 Å². The molecule has 0 heterocycles. The Kier molecular flexibility index (Phi) is 3.53. The number of hydrogen-bond donors (Lipinski definition) is 1. The molecule has 2 atom stereocenters. The van der Waals surface area contributed by atoms with Gasteiger partial charge in [0, 0.05) is 13.6 Å². The smallest absolute Gasteiger partial charge is 0.242 e. The van der Waals surface area contributed by atoms with Gasteiger partial charge in [-0.15, -0.1) is 0 Å². The number of amides is 1. The molecule has 0 aliphatic heterocycles. The Morgan fingerprint density at radius 1 is 1.57 bits per heavy atom. The van der Waals surface area contributed by atoms with Crippen LogP contribution in [-0.4, -0.2) is 29.9 Å². The first-order valence-corrected chi connectivity index (χ1v) is 5.56. The van der Waals surface area contributed by atoms with Gasteiger partial charge in [-0.25, -0.2) is 0 Å². The molecule has 14 heavy (non-hydrogen) atoms. The van der Waals surface area contributed by atoms with Gasteiger partial charge in [0.15, 0.2) is 0 Å². The molecule has 0 saturated heterocycles. The summed E-state index contributed by atoms with van der Waals surface area (Å²) in [6.45, 7) is 4.82.